The Hall–Kier alpha value is -0.800. The smallest absolute Gasteiger partial charge is 0.176 e. The van der Waals surface area contributed by atoms with Gasteiger partial charge in [-0.25, -0.2) is 0 Å². The second kappa shape index (κ2) is 5.89. The Balaban J connectivity index is 1.86. The molecule has 1 aliphatic carbocycles. The molecule has 1 aromatic carbocycles. The number of carbonyl (C=O) groups excluding carboxylic acids is 1. The van der Waals surface area contributed by atoms with Crippen molar-refractivity contribution in [3.63, 3.8) is 0 Å². The van der Waals surface area contributed by atoms with E-state index < -0.39 is 0 Å². The number of hydrogen-bond acceptors (Lipinski definition) is 3. The molecule has 0 saturated heterocycles. The Morgan fingerprint density at radius 1 is 1.39 bits per heavy atom. The third-order valence-corrected chi connectivity index (χ3v) is 4.39. The summed E-state index contributed by atoms with van der Waals surface area (Å²) in [7, 11) is 2.04. The van der Waals surface area contributed by atoms with Crippen LogP contribution in [-0.4, -0.2) is 37.1 Å². The molecule has 0 radical (unpaired) electrons. The highest BCUT2D eigenvalue weighted by Crippen LogP contribution is 2.37. The maximum absolute atomic E-state index is 12.1. The highest BCUT2D eigenvalue weighted by Gasteiger charge is 2.33. The van der Waals surface area contributed by atoms with Crippen LogP contribution >= 0.6 is 11.8 Å². The van der Waals surface area contributed by atoms with Crippen LogP contribution in [0.15, 0.2) is 29.2 Å². The summed E-state index contributed by atoms with van der Waals surface area (Å²) in [6.07, 6.45) is 3.36. The molecule has 1 aliphatic rings. The lowest BCUT2D eigenvalue weighted by Gasteiger charge is -2.15. The Labute approximate surface area is 114 Å². The summed E-state index contributed by atoms with van der Waals surface area (Å²) in [4.78, 5) is 15.4. The van der Waals surface area contributed by atoms with E-state index in [9.17, 15) is 4.79 Å². The quantitative estimate of drug-likeness (QED) is 0.581. The fraction of sp³-hybridized carbons (Fsp3) is 0.533. The van der Waals surface area contributed by atoms with Crippen LogP contribution in [-0.2, 0) is 0 Å². The van der Waals surface area contributed by atoms with Crippen LogP contribution in [0.5, 0.6) is 0 Å². The van der Waals surface area contributed by atoms with Crippen molar-refractivity contribution in [2.45, 2.75) is 18.2 Å². The minimum atomic E-state index is 0.221. The molecule has 0 heterocycles. The standard InChI is InChI=1S/C15H21NOS/c1-11-8-13(11)9-16(2)10-15(17)12-4-6-14(18-3)7-5-12/h4-7,11,13H,8-10H2,1-3H3. The number of carbonyl (C=O) groups is 1. The maximum Gasteiger partial charge on any atom is 0.176 e. The molecule has 98 valence electrons. The summed E-state index contributed by atoms with van der Waals surface area (Å²) < 4.78 is 0. The summed E-state index contributed by atoms with van der Waals surface area (Å²) in [5, 5.41) is 0. The molecule has 1 saturated carbocycles. The first-order chi connectivity index (χ1) is 8.60. The van der Waals surface area contributed by atoms with Gasteiger partial charge in [0, 0.05) is 17.0 Å². The summed E-state index contributed by atoms with van der Waals surface area (Å²) in [6.45, 7) is 3.86. The molecular formula is C15H21NOS. The minimum Gasteiger partial charge on any atom is -0.299 e. The second-order valence-electron chi connectivity index (χ2n) is 5.32. The molecule has 18 heavy (non-hydrogen) atoms. The van der Waals surface area contributed by atoms with E-state index in [4.69, 9.17) is 0 Å². The molecule has 2 atom stereocenters. The van der Waals surface area contributed by atoms with E-state index in [1.807, 2.05) is 37.6 Å². The van der Waals surface area contributed by atoms with Gasteiger partial charge in [0.15, 0.2) is 5.78 Å². The van der Waals surface area contributed by atoms with Gasteiger partial charge in [0.1, 0.15) is 0 Å². The van der Waals surface area contributed by atoms with Gasteiger partial charge in [0.2, 0.25) is 0 Å². The van der Waals surface area contributed by atoms with Gasteiger partial charge in [-0.05, 0) is 43.7 Å². The fourth-order valence-corrected chi connectivity index (χ4v) is 2.64. The summed E-state index contributed by atoms with van der Waals surface area (Å²) in [5.41, 5.74) is 0.823. The SMILES string of the molecule is CSc1ccc(C(=O)CN(C)CC2CC2C)cc1. The lowest BCUT2D eigenvalue weighted by molar-refractivity contribution is 0.0943. The average molecular weight is 263 g/mol. The van der Waals surface area contributed by atoms with E-state index in [-0.39, 0.29) is 5.78 Å². The van der Waals surface area contributed by atoms with Gasteiger partial charge in [0.25, 0.3) is 0 Å². The molecule has 0 N–H and O–H groups in total. The molecule has 2 nitrogen and oxygen atoms in total. The Kier molecular flexibility index (Phi) is 4.46. The average Bonchev–Trinajstić information content (AvgIpc) is 3.04. The zero-order valence-electron chi connectivity index (χ0n) is 11.3. The molecule has 1 aromatic rings. The van der Waals surface area contributed by atoms with Crippen molar-refractivity contribution in [3.05, 3.63) is 29.8 Å². The van der Waals surface area contributed by atoms with Gasteiger partial charge >= 0.3 is 0 Å². The van der Waals surface area contributed by atoms with Crippen LogP contribution in [0.2, 0.25) is 0 Å². The largest absolute Gasteiger partial charge is 0.299 e. The van der Waals surface area contributed by atoms with Crippen molar-refractivity contribution in [1.82, 2.24) is 4.90 Å². The van der Waals surface area contributed by atoms with E-state index in [0.29, 0.717) is 6.54 Å². The van der Waals surface area contributed by atoms with E-state index in [1.165, 1.54) is 11.3 Å². The number of rotatable bonds is 6. The highest BCUT2D eigenvalue weighted by atomic mass is 32.2. The summed E-state index contributed by atoms with van der Waals surface area (Å²) in [5.74, 6) is 1.88. The minimum absolute atomic E-state index is 0.221. The van der Waals surface area contributed by atoms with Crippen LogP contribution in [0, 0.1) is 11.8 Å². The topological polar surface area (TPSA) is 20.3 Å². The van der Waals surface area contributed by atoms with Gasteiger partial charge in [-0.2, -0.15) is 0 Å². The van der Waals surface area contributed by atoms with Crippen LogP contribution in [0.1, 0.15) is 23.7 Å². The van der Waals surface area contributed by atoms with E-state index >= 15 is 0 Å². The van der Waals surface area contributed by atoms with E-state index in [0.717, 1.165) is 23.9 Å². The molecule has 0 aromatic heterocycles. The predicted octanol–water partition coefficient (Wildman–Crippen LogP) is 3.18. The maximum atomic E-state index is 12.1. The third kappa shape index (κ3) is 3.59. The van der Waals surface area contributed by atoms with Gasteiger partial charge in [0.05, 0.1) is 6.54 Å². The Morgan fingerprint density at radius 2 is 2.00 bits per heavy atom. The van der Waals surface area contributed by atoms with Gasteiger partial charge < -0.3 is 0 Å². The third-order valence-electron chi connectivity index (χ3n) is 3.65. The van der Waals surface area contributed by atoms with Crippen molar-refractivity contribution in [2.75, 3.05) is 26.4 Å². The number of Topliss-reactive ketones (excluding diaryl/α,β-unsaturated/α-hetero) is 1. The van der Waals surface area contributed by atoms with Gasteiger partial charge in [-0.15, -0.1) is 11.8 Å². The predicted molar refractivity (Wildman–Crippen MR) is 77.3 cm³/mol. The zero-order chi connectivity index (χ0) is 13.1. The van der Waals surface area contributed by atoms with Crippen molar-refractivity contribution in [3.8, 4) is 0 Å². The lowest BCUT2D eigenvalue weighted by atomic mass is 10.1. The van der Waals surface area contributed by atoms with Crippen molar-refractivity contribution < 1.29 is 4.79 Å². The monoisotopic (exact) mass is 263 g/mol. The molecule has 2 rings (SSSR count). The van der Waals surface area contributed by atoms with Crippen molar-refractivity contribution in [1.29, 1.82) is 0 Å². The summed E-state index contributed by atoms with van der Waals surface area (Å²) in [6, 6.07) is 7.89. The number of ketones is 1. The molecule has 0 spiro atoms. The number of nitrogens with zero attached hydrogens (tertiary/aromatic N) is 1. The van der Waals surface area contributed by atoms with Crippen LogP contribution in [0.4, 0.5) is 0 Å². The fourth-order valence-electron chi connectivity index (χ4n) is 2.23. The van der Waals surface area contributed by atoms with Crippen molar-refractivity contribution >= 4 is 17.5 Å². The Bertz CT molecular complexity index is 415. The number of benzene rings is 1. The number of thioether (sulfide) groups is 1. The number of likely N-dealkylation sites (N-methyl/N-ethyl adjacent to an activating group) is 1. The second-order valence-corrected chi connectivity index (χ2v) is 6.20. The normalized spacial score (nSPS) is 22.2. The van der Waals surface area contributed by atoms with Crippen molar-refractivity contribution in [2.24, 2.45) is 11.8 Å². The van der Waals surface area contributed by atoms with E-state index in [2.05, 4.69) is 11.8 Å². The van der Waals surface area contributed by atoms with E-state index in [1.54, 1.807) is 11.8 Å². The summed E-state index contributed by atoms with van der Waals surface area (Å²) >= 11 is 1.70. The lowest BCUT2D eigenvalue weighted by Crippen LogP contribution is -2.28. The number of hydrogen-bond donors (Lipinski definition) is 0. The first kappa shape index (κ1) is 13.6. The van der Waals surface area contributed by atoms with Gasteiger partial charge in [-0.1, -0.05) is 19.1 Å². The Morgan fingerprint density at radius 3 is 2.50 bits per heavy atom. The molecular weight excluding hydrogens is 242 g/mol. The molecule has 0 aliphatic heterocycles. The first-order valence-corrected chi connectivity index (χ1v) is 7.68. The zero-order valence-corrected chi connectivity index (χ0v) is 12.2. The van der Waals surface area contributed by atoms with Crippen LogP contribution < -0.4 is 0 Å². The van der Waals surface area contributed by atoms with Crippen LogP contribution in [0.3, 0.4) is 0 Å². The van der Waals surface area contributed by atoms with Gasteiger partial charge in [-0.3, -0.25) is 9.69 Å². The highest BCUT2D eigenvalue weighted by molar-refractivity contribution is 7.98. The molecule has 0 amide bonds. The molecule has 0 bridgehead atoms. The first-order valence-electron chi connectivity index (χ1n) is 6.46. The molecule has 2 unspecified atom stereocenters. The molecule has 3 heteroatoms. The molecule has 1 fully saturated rings. The van der Waals surface area contributed by atoms with Crippen LogP contribution in [0.25, 0.3) is 0 Å².